The molecule has 1 fully saturated rings. The van der Waals surface area contributed by atoms with E-state index in [1.54, 1.807) is 0 Å². The highest BCUT2D eigenvalue weighted by Gasteiger charge is 2.19. The number of nitrogens with zero attached hydrogens (tertiary/aromatic N) is 1. The van der Waals surface area contributed by atoms with Gasteiger partial charge in [-0.25, -0.2) is 17.6 Å². The van der Waals surface area contributed by atoms with Crippen LogP contribution in [0.5, 0.6) is 0 Å². The van der Waals surface area contributed by atoms with Crippen LogP contribution in [0.25, 0.3) is 0 Å². The number of carboxylic acid groups (broad SMARTS) is 1. The summed E-state index contributed by atoms with van der Waals surface area (Å²) in [6.07, 6.45) is 0.545. The molecule has 1 aromatic carbocycles. The van der Waals surface area contributed by atoms with E-state index in [9.17, 15) is 17.6 Å². The Labute approximate surface area is 116 Å². The maximum atomic E-state index is 13.4. The summed E-state index contributed by atoms with van der Waals surface area (Å²) in [5, 5.41) is 8.89. The molecule has 1 N–H and O–H groups in total. The van der Waals surface area contributed by atoms with Crippen LogP contribution in [0.4, 0.5) is 4.39 Å². The summed E-state index contributed by atoms with van der Waals surface area (Å²) in [6.45, 7) is 1.35. The molecule has 0 aromatic heterocycles. The lowest BCUT2D eigenvalue weighted by atomic mass is 10.1. The van der Waals surface area contributed by atoms with E-state index in [4.69, 9.17) is 5.11 Å². The monoisotopic (exact) mass is 301 g/mol. The Morgan fingerprint density at radius 2 is 2.00 bits per heavy atom. The molecule has 5 nitrogen and oxygen atoms in total. The fourth-order valence-electron chi connectivity index (χ4n) is 2.27. The largest absolute Gasteiger partial charge is 0.478 e. The topological polar surface area (TPSA) is 74.7 Å². The molecule has 1 aliphatic heterocycles. The molecule has 0 aliphatic carbocycles. The van der Waals surface area contributed by atoms with Gasteiger partial charge in [-0.2, -0.15) is 0 Å². The van der Waals surface area contributed by atoms with E-state index in [0.717, 1.165) is 6.07 Å². The van der Waals surface area contributed by atoms with Crippen LogP contribution in [0.3, 0.4) is 0 Å². The first-order chi connectivity index (χ1) is 9.35. The van der Waals surface area contributed by atoms with Crippen molar-refractivity contribution >= 4 is 15.8 Å². The summed E-state index contributed by atoms with van der Waals surface area (Å²) in [6, 6.07) is 3.68. The van der Waals surface area contributed by atoms with E-state index < -0.39 is 21.6 Å². The van der Waals surface area contributed by atoms with Crippen molar-refractivity contribution in [2.75, 3.05) is 24.6 Å². The Kier molecular flexibility index (Phi) is 4.39. The lowest BCUT2D eigenvalue weighted by Crippen LogP contribution is -2.26. The Hall–Kier alpha value is -1.47. The molecule has 0 saturated carbocycles. The average Bonchev–Trinajstić information content (AvgIpc) is 2.50. The Morgan fingerprint density at radius 3 is 2.70 bits per heavy atom. The second-order valence-electron chi connectivity index (χ2n) is 4.93. The molecule has 0 bridgehead atoms. The second-order valence-corrected chi connectivity index (χ2v) is 7.24. The first-order valence-corrected chi connectivity index (χ1v) is 8.13. The number of hydrogen-bond donors (Lipinski definition) is 1. The van der Waals surface area contributed by atoms with Gasteiger partial charge < -0.3 is 5.11 Å². The normalized spacial score (nSPS) is 19.4. The van der Waals surface area contributed by atoms with Crippen molar-refractivity contribution < 1.29 is 22.7 Å². The zero-order chi connectivity index (χ0) is 14.8. The van der Waals surface area contributed by atoms with E-state index in [1.165, 1.54) is 12.1 Å². The Bertz CT molecular complexity index is 615. The standard InChI is InChI=1S/C13H16FNO4S/c14-12-7-10(6-11(8-12)13(16)17)9-15-2-1-4-20(18,19)5-3-15/h6-8H,1-5,9H2,(H,16,17). The highest BCUT2D eigenvalue weighted by molar-refractivity contribution is 7.91. The molecular formula is C13H16FNO4S. The fourth-order valence-corrected chi connectivity index (χ4v) is 3.58. The number of carboxylic acids is 1. The average molecular weight is 301 g/mol. The molecule has 1 heterocycles. The number of hydrogen-bond acceptors (Lipinski definition) is 4. The van der Waals surface area contributed by atoms with Crippen molar-refractivity contribution in [3.05, 3.63) is 35.1 Å². The number of benzene rings is 1. The van der Waals surface area contributed by atoms with Crippen LogP contribution in [0, 0.1) is 5.82 Å². The summed E-state index contributed by atoms with van der Waals surface area (Å²) in [4.78, 5) is 12.8. The molecule has 1 aliphatic rings. The van der Waals surface area contributed by atoms with Gasteiger partial charge in [-0.3, -0.25) is 4.90 Å². The third kappa shape index (κ3) is 4.01. The van der Waals surface area contributed by atoms with Gasteiger partial charge in [0.2, 0.25) is 0 Å². The summed E-state index contributed by atoms with van der Waals surface area (Å²) < 4.78 is 36.4. The van der Waals surface area contributed by atoms with Crippen molar-refractivity contribution in [3.63, 3.8) is 0 Å². The van der Waals surface area contributed by atoms with Gasteiger partial charge in [-0.15, -0.1) is 0 Å². The van der Waals surface area contributed by atoms with Gasteiger partial charge in [0.25, 0.3) is 0 Å². The Morgan fingerprint density at radius 1 is 1.25 bits per heavy atom. The molecule has 0 atom stereocenters. The number of carbonyl (C=O) groups is 1. The zero-order valence-corrected chi connectivity index (χ0v) is 11.7. The van der Waals surface area contributed by atoms with Crippen molar-refractivity contribution in [3.8, 4) is 0 Å². The van der Waals surface area contributed by atoms with Gasteiger partial charge in [0.15, 0.2) is 9.84 Å². The van der Waals surface area contributed by atoms with E-state index in [1.807, 2.05) is 4.90 Å². The van der Waals surface area contributed by atoms with Crippen LogP contribution < -0.4 is 0 Å². The fraction of sp³-hybridized carbons (Fsp3) is 0.462. The van der Waals surface area contributed by atoms with Crippen LogP contribution in [-0.4, -0.2) is 49.0 Å². The number of rotatable bonds is 3. The highest BCUT2D eigenvalue weighted by Crippen LogP contribution is 2.14. The number of halogens is 1. The van der Waals surface area contributed by atoms with Crippen molar-refractivity contribution in [1.29, 1.82) is 0 Å². The predicted molar refractivity (Wildman–Crippen MR) is 71.9 cm³/mol. The van der Waals surface area contributed by atoms with E-state index in [-0.39, 0.29) is 17.1 Å². The molecule has 1 aromatic rings. The third-order valence-corrected chi connectivity index (χ3v) is 4.97. The predicted octanol–water partition coefficient (Wildman–Crippen LogP) is 1.14. The summed E-state index contributed by atoms with van der Waals surface area (Å²) in [5.41, 5.74) is 0.448. The van der Waals surface area contributed by atoms with Crippen molar-refractivity contribution in [2.24, 2.45) is 0 Å². The van der Waals surface area contributed by atoms with E-state index in [0.29, 0.717) is 31.6 Å². The van der Waals surface area contributed by atoms with Gasteiger partial charge in [-0.1, -0.05) is 0 Å². The minimum Gasteiger partial charge on any atom is -0.478 e. The molecular weight excluding hydrogens is 285 g/mol. The van der Waals surface area contributed by atoms with Crippen molar-refractivity contribution in [2.45, 2.75) is 13.0 Å². The molecule has 1 saturated heterocycles. The molecule has 2 rings (SSSR count). The van der Waals surface area contributed by atoms with Crippen LogP contribution >= 0.6 is 0 Å². The first kappa shape index (κ1) is 14.9. The Balaban J connectivity index is 2.12. The van der Waals surface area contributed by atoms with Gasteiger partial charge in [0.1, 0.15) is 5.82 Å². The van der Waals surface area contributed by atoms with Gasteiger partial charge in [0.05, 0.1) is 17.1 Å². The minimum absolute atomic E-state index is 0.0914. The lowest BCUT2D eigenvalue weighted by molar-refractivity contribution is 0.0696. The lowest BCUT2D eigenvalue weighted by Gasteiger charge is -2.19. The summed E-state index contributed by atoms with van der Waals surface area (Å²) >= 11 is 0. The molecule has 0 radical (unpaired) electrons. The first-order valence-electron chi connectivity index (χ1n) is 6.31. The van der Waals surface area contributed by atoms with Gasteiger partial charge in [-0.05, 0) is 36.7 Å². The van der Waals surface area contributed by atoms with Crippen LogP contribution in [-0.2, 0) is 16.4 Å². The highest BCUT2D eigenvalue weighted by atomic mass is 32.2. The van der Waals surface area contributed by atoms with Gasteiger partial charge >= 0.3 is 5.97 Å². The van der Waals surface area contributed by atoms with Gasteiger partial charge in [0, 0.05) is 13.1 Å². The smallest absolute Gasteiger partial charge is 0.335 e. The van der Waals surface area contributed by atoms with Crippen LogP contribution in [0.1, 0.15) is 22.3 Å². The molecule has 20 heavy (non-hydrogen) atoms. The quantitative estimate of drug-likeness (QED) is 0.906. The second kappa shape index (κ2) is 5.88. The zero-order valence-electron chi connectivity index (χ0n) is 10.9. The molecule has 110 valence electrons. The summed E-state index contributed by atoms with van der Waals surface area (Å²) in [7, 11) is -2.98. The SMILES string of the molecule is O=C(O)c1cc(F)cc(CN2CCCS(=O)(=O)CC2)c1. The van der Waals surface area contributed by atoms with Crippen LogP contribution in [0.15, 0.2) is 18.2 Å². The van der Waals surface area contributed by atoms with E-state index >= 15 is 0 Å². The maximum absolute atomic E-state index is 13.4. The number of sulfone groups is 1. The number of aromatic carboxylic acids is 1. The van der Waals surface area contributed by atoms with E-state index in [2.05, 4.69) is 0 Å². The molecule has 0 spiro atoms. The maximum Gasteiger partial charge on any atom is 0.335 e. The summed E-state index contributed by atoms with van der Waals surface area (Å²) in [5.74, 6) is -1.51. The van der Waals surface area contributed by atoms with Crippen molar-refractivity contribution in [1.82, 2.24) is 4.90 Å². The molecule has 0 unspecified atom stereocenters. The minimum atomic E-state index is -2.98. The third-order valence-electron chi connectivity index (χ3n) is 3.26. The molecule has 7 heteroatoms. The van der Waals surface area contributed by atoms with Crippen LogP contribution in [0.2, 0.25) is 0 Å². The molecule has 0 amide bonds.